The highest BCUT2D eigenvalue weighted by atomic mass is 127. The molecule has 0 aliphatic heterocycles. The first-order valence-electron chi connectivity index (χ1n) is 9.05. The number of aryl methyl sites for hydroxylation is 1. The summed E-state index contributed by atoms with van der Waals surface area (Å²) in [5.74, 6) is 0. The number of aromatic amines is 1. The SMILES string of the molecule is Cc1ccc(S(=O)(=O)NC(=O)Nc2ccc(-c3c[nH]c4ccccc4c3=O)c(I)c2)s1. The van der Waals surface area contributed by atoms with E-state index in [2.05, 4.69) is 32.9 Å². The number of anilines is 1. The number of hydrogen-bond donors (Lipinski definition) is 3. The zero-order valence-corrected chi connectivity index (χ0v) is 19.9. The molecule has 0 unspecified atom stereocenters. The molecule has 3 N–H and O–H groups in total. The molecule has 0 aliphatic carbocycles. The molecule has 0 aliphatic rings. The number of sulfonamides is 1. The summed E-state index contributed by atoms with van der Waals surface area (Å²) in [5, 5.41) is 3.11. The quantitative estimate of drug-likeness (QED) is 0.313. The molecule has 4 rings (SSSR count). The zero-order chi connectivity index (χ0) is 22.2. The maximum Gasteiger partial charge on any atom is 0.333 e. The van der Waals surface area contributed by atoms with Crippen LogP contribution in [0.1, 0.15) is 4.88 Å². The molecule has 0 spiro atoms. The van der Waals surface area contributed by atoms with E-state index < -0.39 is 16.1 Å². The second kappa shape index (κ2) is 8.44. The van der Waals surface area contributed by atoms with Gasteiger partial charge in [0.25, 0.3) is 10.0 Å². The summed E-state index contributed by atoms with van der Waals surface area (Å²) in [5.41, 5.74) is 2.28. The Hall–Kier alpha value is -2.70. The van der Waals surface area contributed by atoms with Crippen molar-refractivity contribution in [2.75, 3.05) is 5.32 Å². The smallest absolute Gasteiger partial charge is 0.333 e. The number of para-hydroxylation sites is 1. The van der Waals surface area contributed by atoms with Gasteiger partial charge >= 0.3 is 6.03 Å². The Bertz CT molecular complexity index is 1480. The van der Waals surface area contributed by atoms with Crippen molar-refractivity contribution < 1.29 is 13.2 Å². The number of nitrogens with one attached hydrogen (secondary N) is 3. The summed E-state index contributed by atoms with van der Waals surface area (Å²) >= 11 is 3.16. The molecule has 0 saturated heterocycles. The van der Waals surface area contributed by atoms with Gasteiger partial charge in [0, 0.05) is 42.4 Å². The van der Waals surface area contributed by atoms with Gasteiger partial charge in [0.05, 0.1) is 0 Å². The molecular formula is C21H16IN3O4S2. The van der Waals surface area contributed by atoms with Crippen molar-refractivity contribution in [3.05, 3.63) is 79.5 Å². The lowest BCUT2D eigenvalue weighted by molar-refractivity contribution is 0.256. The summed E-state index contributed by atoms with van der Waals surface area (Å²) in [6, 6.07) is 14.5. The van der Waals surface area contributed by atoms with Crippen LogP contribution in [0.2, 0.25) is 0 Å². The number of urea groups is 1. The van der Waals surface area contributed by atoms with Crippen LogP contribution in [0.3, 0.4) is 0 Å². The van der Waals surface area contributed by atoms with E-state index in [-0.39, 0.29) is 9.64 Å². The van der Waals surface area contributed by atoms with Crippen LogP contribution in [-0.4, -0.2) is 19.4 Å². The molecule has 10 heteroatoms. The molecule has 0 atom stereocenters. The Labute approximate surface area is 195 Å². The van der Waals surface area contributed by atoms with Crippen LogP contribution < -0.4 is 15.5 Å². The topological polar surface area (TPSA) is 108 Å². The highest BCUT2D eigenvalue weighted by Crippen LogP contribution is 2.27. The normalized spacial score (nSPS) is 11.4. The van der Waals surface area contributed by atoms with Gasteiger partial charge in [-0.2, -0.15) is 0 Å². The molecule has 31 heavy (non-hydrogen) atoms. The van der Waals surface area contributed by atoms with Gasteiger partial charge in [-0.3, -0.25) is 4.79 Å². The summed E-state index contributed by atoms with van der Waals surface area (Å²) in [6.45, 7) is 1.79. The van der Waals surface area contributed by atoms with Crippen LogP contribution in [-0.2, 0) is 10.0 Å². The van der Waals surface area contributed by atoms with Crippen molar-refractivity contribution in [2.45, 2.75) is 11.1 Å². The Morgan fingerprint density at radius 3 is 2.55 bits per heavy atom. The average molecular weight is 565 g/mol. The van der Waals surface area contributed by atoms with E-state index in [0.717, 1.165) is 25.3 Å². The molecular weight excluding hydrogens is 549 g/mol. The third kappa shape index (κ3) is 4.50. The van der Waals surface area contributed by atoms with Crippen LogP contribution in [0, 0.1) is 10.5 Å². The number of fused-ring (bicyclic) bond motifs is 1. The summed E-state index contributed by atoms with van der Waals surface area (Å²) < 4.78 is 27.4. The molecule has 158 valence electrons. The number of carbonyl (C=O) groups excluding carboxylic acids is 1. The highest BCUT2D eigenvalue weighted by molar-refractivity contribution is 14.1. The fourth-order valence-corrected chi connectivity index (χ4v) is 6.06. The Morgan fingerprint density at radius 2 is 1.84 bits per heavy atom. The summed E-state index contributed by atoms with van der Waals surface area (Å²) in [4.78, 5) is 29.0. The first kappa shape index (κ1) is 21.5. The van der Waals surface area contributed by atoms with Gasteiger partial charge in [0.1, 0.15) is 4.21 Å². The fraction of sp³-hybridized carbons (Fsp3) is 0.0476. The summed E-state index contributed by atoms with van der Waals surface area (Å²) in [6.07, 6.45) is 1.66. The van der Waals surface area contributed by atoms with Crippen molar-refractivity contribution in [3.8, 4) is 11.1 Å². The summed E-state index contributed by atoms with van der Waals surface area (Å²) in [7, 11) is -3.94. The second-order valence-electron chi connectivity index (χ2n) is 6.70. The van der Waals surface area contributed by atoms with Crippen molar-refractivity contribution in [2.24, 2.45) is 0 Å². The molecule has 2 aromatic carbocycles. The van der Waals surface area contributed by atoms with E-state index in [0.29, 0.717) is 22.2 Å². The number of aromatic nitrogens is 1. The van der Waals surface area contributed by atoms with Crippen LogP contribution in [0.4, 0.5) is 10.5 Å². The van der Waals surface area contributed by atoms with E-state index in [4.69, 9.17) is 0 Å². The van der Waals surface area contributed by atoms with Crippen molar-refractivity contribution in [1.82, 2.24) is 9.71 Å². The molecule has 2 aromatic heterocycles. The van der Waals surface area contributed by atoms with E-state index in [1.165, 1.54) is 6.07 Å². The Kier molecular flexibility index (Phi) is 5.86. The van der Waals surface area contributed by atoms with Gasteiger partial charge in [-0.25, -0.2) is 17.9 Å². The first-order valence-corrected chi connectivity index (χ1v) is 12.4. The van der Waals surface area contributed by atoms with Crippen LogP contribution in [0.5, 0.6) is 0 Å². The third-order valence-electron chi connectivity index (χ3n) is 4.51. The number of H-pyrrole nitrogens is 1. The fourth-order valence-electron chi connectivity index (χ4n) is 3.06. The lowest BCUT2D eigenvalue weighted by Crippen LogP contribution is -2.33. The minimum atomic E-state index is -3.94. The van der Waals surface area contributed by atoms with E-state index >= 15 is 0 Å². The first-order chi connectivity index (χ1) is 14.7. The molecule has 0 saturated carbocycles. The standard InChI is InChI=1S/C21H16IN3O4S2/c1-12-6-9-19(30-12)31(28,29)25-21(27)24-13-7-8-14(17(22)10-13)16-11-23-18-5-3-2-4-15(18)20(16)26/h2-11H,1H3,(H,23,26)(H2,24,25,27). The lowest BCUT2D eigenvalue weighted by atomic mass is 10.0. The van der Waals surface area contributed by atoms with Crippen molar-refractivity contribution >= 4 is 66.6 Å². The monoisotopic (exact) mass is 565 g/mol. The van der Waals surface area contributed by atoms with Gasteiger partial charge in [0.2, 0.25) is 0 Å². The average Bonchev–Trinajstić information content (AvgIpc) is 3.16. The van der Waals surface area contributed by atoms with E-state index in [1.807, 2.05) is 22.9 Å². The maximum absolute atomic E-state index is 12.9. The largest absolute Gasteiger partial charge is 0.360 e. The molecule has 4 aromatic rings. The van der Waals surface area contributed by atoms with Crippen molar-refractivity contribution in [3.63, 3.8) is 0 Å². The molecule has 7 nitrogen and oxygen atoms in total. The highest BCUT2D eigenvalue weighted by Gasteiger charge is 2.20. The minimum absolute atomic E-state index is 0.0700. The number of amides is 2. The Balaban J connectivity index is 1.56. The predicted molar refractivity (Wildman–Crippen MR) is 131 cm³/mol. The number of rotatable bonds is 4. The predicted octanol–water partition coefficient (Wildman–Crippen LogP) is 4.68. The molecule has 0 bridgehead atoms. The number of hydrogen-bond acceptors (Lipinski definition) is 5. The second-order valence-corrected chi connectivity index (χ2v) is 11.1. The van der Waals surface area contributed by atoms with Crippen molar-refractivity contribution in [1.29, 1.82) is 0 Å². The van der Waals surface area contributed by atoms with E-state index in [1.54, 1.807) is 43.5 Å². The van der Waals surface area contributed by atoms with Gasteiger partial charge in [-0.15, -0.1) is 11.3 Å². The van der Waals surface area contributed by atoms with Gasteiger partial charge in [-0.05, 0) is 65.9 Å². The lowest BCUT2D eigenvalue weighted by Gasteiger charge is -2.10. The van der Waals surface area contributed by atoms with Crippen LogP contribution >= 0.6 is 33.9 Å². The van der Waals surface area contributed by atoms with Crippen LogP contribution in [0.15, 0.2) is 69.8 Å². The Morgan fingerprint density at radius 1 is 1.06 bits per heavy atom. The molecule has 0 radical (unpaired) electrons. The minimum Gasteiger partial charge on any atom is -0.360 e. The maximum atomic E-state index is 12.9. The van der Waals surface area contributed by atoms with Gasteiger partial charge in [0.15, 0.2) is 5.43 Å². The zero-order valence-electron chi connectivity index (χ0n) is 16.1. The molecule has 2 amide bonds. The van der Waals surface area contributed by atoms with Gasteiger partial charge in [-0.1, -0.05) is 18.2 Å². The number of benzene rings is 2. The number of carbonyl (C=O) groups is 1. The number of halogens is 1. The molecule has 2 heterocycles. The van der Waals surface area contributed by atoms with E-state index in [9.17, 15) is 18.0 Å². The number of thiophene rings is 1. The van der Waals surface area contributed by atoms with Crippen LogP contribution in [0.25, 0.3) is 22.0 Å². The third-order valence-corrected chi connectivity index (χ3v) is 8.23. The van der Waals surface area contributed by atoms with Gasteiger partial charge < -0.3 is 10.3 Å². The number of pyridine rings is 1. The molecule has 0 fully saturated rings.